The van der Waals surface area contributed by atoms with Crippen LogP contribution >= 0.6 is 0 Å². The Morgan fingerprint density at radius 2 is 1.65 bits per heavy atom. The van der Waals surface area contributed by atoms with Crippen molar-refractivity contribution in [3.05, 3.63) is 12.2 Å². The van der Waals surface area contributed by atoms with Crippen LogP contribution in [0.5, 0.6) is 0 Å². The quantitative estimate of drug-likeness (QED) is 0.296. The number of ether oxygens (including phenoxy) is 3. The predicted molar refractivity (Wildman–Crippen MR) is 70.9 cm³/mol. The summed E-state index contributed by atoms with van der Waals surface area (Å²) in [6.07, 6.45) is 0.0459. The highest BCUT2D eigenvalue weighted by molar-refractivity contribution is 6.13. The minimum Gasteiger partial charge on any atom is -0.457 e. The van der Waals surface area contributed by atoms with E-state index in [2.05, 4.69) is 6.58 Å². The number of hydrogen-bond donors (Lipinski definition) is 0. The van der Waals surface area contributed by atoms with Crippen molar-refractivity contribution in [2.45, 2.75) is 52.2 Å². The summed E-state index contributed by atoms with van der Waals surface area (Å²) in [7, 11) is 0.614. The van der Waals surface area contributed by atoms with E-state index in [4.69, 9.17) is 14.2 Å². The van der Waals surface area contributed by atoms with Crippen LogP contribution in [0.25, 0.3) is 0 Å². The van der Waals surface area contributed by atoms with E-state index < -0.39 is 11.4 Å². The average Bonchev–Trinajstić information content (AvgIpc) is 2.11. The first kappa shape index (κ1) is 16.3. The van der Waals surface area contributed by atoms with Gasteiger partial charge in [0, 0.05) is 5.57 Å². The fraction of sp³-hybridized carbons (Fsp3) is 0.750. The maximum absolute atomic E-state index is 11.3. The van der Waals surface area contributed by atoms with Gasteiger partial charge in [0.05, 0.1) is 22.5 Å². The van der Waals surface area contributed by atoms with Gasteiger partial charge in [0.25, 0.3) is 0 Å². The van der Waals surface area contributed by atoms with E-state index in [1.807, 2.05) is 27.7 Å². The van der Waals surface area contributed by atoms with E-state index in [1.165, 1.54) is 0 Å². The largest absolute Gasteiger partial charge is 0.457 e. The van der Waals surface area contributed by atoms with E-state index in [0.29, 0.717) is 15.8 Å². The van der Waals surface area contributed by atoms with Crippen LogP contribution in [0.15, 0.2) is 12.2 Å². The molecule has 0 aliphatic carbocycles. The molecular weight excluding hydrogens is 236 g/mol. The van der Waals surface area contributed by atoms with Crippen molar-refractivity contribution in [1.29, 1.82) is 0 Å². The van der Waals surface area contributed by atoms with Gasteiger partial charge in [-0.2, -0.15) is 0 Å². The molecule has 100 valence electrons. The van der Waals surface area contributed by atoms with Gasteiger partial charge in [-0.05, 0) is 34.6 Å². The number of rotatable bonds is 7. The molecule has 0 aromatic rings. The Balaban J connectivity index is 4.48. The Bertz CT molecular complexity index is 264. The lowest BCUT2D eigenvalue weighted by atomic mass is 10.4. The van der Waals surface area contributed by atoms with Gasteiger partial charge < -0.3 is 14.2 Å². The smallest absolute Gasteiger partial charge is 0.333 e. The molecule has 4 nitrogen and oxygen atoms in total. The molecule has 0 heterocycles. The minimum atomic E-state index is -0.784. The Kier molecular flexibility index (Phi) is 6.67. The van der Waals surface area contributed by atoms with Gasteiger partial charge in [-0.1, -0.05) is 6.58 Å². The topological polar surface area (TPSA) is 44.8 Å². The van der Waals surface area contributed by atoms with Crippen LogP contribution in [0.3, 0.4) is 0 Å². The van der Waals surface area contributed by atoms with Crippen molar-refractivity contribution < 1.29 is 19.0 Å². The molecule has 0 aromatic carbocycles. The van der Waals surface area contributed by atoms with Crippen LogP contribution < -0.4 is 0 Å². The van der Waals surface area contributed by atoms with Crippen LogP contribution in [0.4, 0.5) is 0 Å². The van der Waals surface area contributed by atoms with Crippen molar-refractivity contribution in [2.75, 3.05) is 6.61 Å². The van der Waals surface area contributed by atoms with Crippen molar-refractivity contribution >= 4 is 16.2 Å². The first-order chi connectivity index (χ1) is 7.66. The van der Waals surface area contributed by atoms with Crippen LogP contribution in [-0.2, 0) is 19.0 Å². The molecule has 0 N–H and O–H groups in total. The van der Waals surface area contributed by atoms with Crippen molar-refractivity contribution in [1.82, 2.24) is 0 Å². The fourth-order valence-electron chi connectivity index (χ4n) is 1.41. The van der Waals surface area contributed by atoms with E-state index in [1.54, 1.807) is 6.92 Å². The monoisotopic (exact) mass is 260 g/mol. The lowest BCUT2D eigenvalue weighted by molar-refractivity contribution is -0.235. The van der Waals surface area contributed by atoms with E-state index in [-0.39, 0.29) is 18.8 Å². The molecule has 0 unspecified atom stereocenters. The van der Waals surface area contributed by atoms with E-state index >= 15 is 0 Å². The summed E-state index contributed by atoms with van der Waals surface area (Å²) in [6.45, 7) is 13.0. The SMILES string of the molecule is C=C(C)C(=O)OCC([SiH3])(OC(C)C)OC(C)C. The molecule has 5 heteroatoms. The highest BCUT2D eigenvalue weighted by atomic mass is 28.1. The predicted octanol–water partition coefficient (Wildman–Crippen LogP) is 0.975. The van der Waals surface area contributed by atoms with Crippen molar-refractivity contribution in [3.8, 4) is 0 Å². The van der Waals surface area contributed by atoms with E-state index in [9.17, 15) is 4.79 Å². The van der Waals surface area contributed by atoms with Crippen molar-refractivity contribution in [2.24, 2.45) is 0 Å². The van der Waals surface area contributed by atoms with E-state index in [0.717, 1.165) is 0 Å². The van der Waals surface area contributed by atoms with Gasteiger partial charge in [-0.3, -0.25) is 0 Å². The van der Waals surface area contributed by atoms with Gasteiger partial charge in [0.2, 0.25) is 0 Å². The maximum Gasteiger partial charge on any atom is 0.333 e. The summed E-state index contributed by atoms with van der Waals surface area (Å²) in [5.74, 6) is -0.412. The number of carbonyl (C=O) groups excluding carboxylic acids is 1. The highest BCUT2D eigenvalue weighted by Crippen LogP contribution is 2.15. The van der Waals surface area contributed by atoms with Crippen LogP contribution in [0.2, 0.25) is 0 Å². The summed E-state index contributed by atoms with van der Waals surface area (Å²) in [4.78, 5) is 11.3. The Hall–Kier alpha value is -0.653. The lowest BCUT2D eigenvalue weighted by Crippen LogP contribution is -2.45. The molecule has 0 aliphatic heterocycles. The third kappa shape index (κ3) is 7.30. The van der Waals surface area contributed by atoms with Crippen molar-refractivity contribution in [3.63, 3.8) is 0 Å². The van der Waals surface area contributed by atoms with Crippen LogP contribution in [0.1, 0.15) is 34.6 Å². The second-order valence-corrected chi connectivity index (χ2v) is 6.35. The molecule has 0 aliphatic rings. The molecule has 0 atom stereocenters. The first-order valence-electron chi connectivity index (χ1n) is 5.84. The molecule has 0 rings (SSSR count). The molecule has 0 spiro atoms. The molecular formula is C12H24O4Si. The zero-order valence-corrected chi connectivity index (χ0v) is 13.7. The summed E-state index contributed by atoms with van der Waals surface area (Å²) in [5.41, 5.74) is -0.406. The van der Waals surface area contributed by atoms with Gasteiger partial charge in [-0.25, -0.2) is 4.79 Å². The molecule has 17 heavy (non-hydrogen) atoms. The number of carbonyl (C=O) groups is 1. The molecule has 0 amide bonds. The summed E-state index contributed by atoms with van der Waals surface area (Å²) in [5, 5.41) is 0. The van der Waals surface area contributed by atoms with Gasteiger partial charge in [0.15, 0.2) is 5.41 Å². The van der Waals surface area contributed by atoms with Gasteiger partial charge in [-0.15, -0.1) is 0 Å². The molecule has 0 fully saturated rings. The molecule has 0 radical (unpaired) electrons. The Labute approximate surface area is 107 Å². The Morgan fingerprint density at radius 3 is 1.94 bits per heavy atom. The second kappa shape index (κ2) is 6.93. The second-order valence-electron chi connectivity index (χ2n) is 4.82. The van der Waals surface area contributed by atoms with Gasteiger partial charge >= 0.3 is 5.97 Å². The molecule has 0 saturated carbocycles. The number of esters is 1. The molecule has 0 aromatic heterocycles. The first-order valence-corrected chi connectivity index (χ1v) is 6.84. The average molecular weight is 260 g/mol. The summed E-state index contributed by atoms with van der Waals surface area (Å²) < 4.78 is 16.5. The third-order valence-corrected chi connectivity index (χ3v) is 2.54. The fourth-order valence-corrected chi connectivity index (χ4v) is 2.50. The molecule has 0 bridgehead atoms. The van der Waals surface area contributed by atoms with Crippen LogP contribution in [-0.4, -0.2) is 40.4 Å². The highest BCUT2D eigenvalue weighted by Gasteiger charge is 2.30. The van der Waals surface area contributed by atoms with Gasteiger partial charge in [0.1, 0.15) is 6.61 Å². The standard InChI is InChI=1S/C12H24O4Si/c1-8(2)11(13)14-7-12(17,15-9(3)4)16-10(5)6/h9-10H,1,7H2,2-6,17H3. The minimum absolute atomic E-state index is 0.0229. The Morgan fingerprint density at radius 1 is 1.24 bits per heavy atom. The normalized spacial score (nSPS) is 12.2. The number of hydrogen-bond acceptors (Lipinski definition) is 4. The zero-order chi connectivity index (χ0) is 13.6. The maximum atomic E-state index is 11.3. The lowest BCUT2D eigenvalue weighted by Gasteiger charge is -2.33. The summed E-state index contributed by atoms with van der Waals surface area (Å²) >= 11 is 0. The summed E-state index contributed by atoms with van der Waals surface area (Å²) in [6, 6.07) is 0. The third-order valence-electron chi connectivity index (χ3n) is 1.78. The van der Waals surface area contributed by atoms with Crippen LogP contribution in [0, 0.1) is 0 Å². The molecule has 0 saturated heterocycles. The zero-order valence-electron chi connectivity index (χ0n) is 11.7.